The fourth-order valence-corrected chi connectivity index (χ4v) is 3.92. The van der Waals surface area contributed by atoms with Gasteiger partial charge in [0.2, 0.25) is 0 Å². The maximum absolute atomic E-state index is 13.2. The Hall–Kier alpha value is -1.97. The second-order valence-electron chi connectivity index (χ2n) is 6.49. The Balaban J connectivity index is 1.46. The summed E-state index contributed by atoms with van der Waals surface area (Å²) in [4.78, 5) is 7.11. The highest BCUT2D eigenvalue weighted by molar-refractivity contribution is 7.09. The van der Waals surface area contributed by atoms with Gasteiger partial charge in [0.1, 0.15) is 11.9 Å². The van der Waals surface area contributed by atoms with Crippen LogP contribution in [0, 0.1) is 23.1 Å². The summed E-state index contributed by atoms with van der Waals surface area (Å²) >= 11 is 1.75. The molecule has 25 heavy (non-hydrogen) atoms. The standard InChI is InChI=1S/C19H23FN4S/c1-2-19-23-17(13-25-19)12-24-7-5-14(6-8-24)11-22-18-4-3-16(20)9-15(18)10-21/h3-4,9,13-14,22H,2,5-8,11-12H2,1H3. The van der Waals surface area contributed by atoms with Crippen LogP contribution in [0.5, 0.6) is 0 Å². The van der Waals surface area contributed by atoms with Crippen molar-refractivity contribution in [2.24, 2.45) is 5.92 Å². The highest BCUT2D eigenvalue weighted by Crippen LogP contribution is 2.22. The molecule has 0 amide bonds. The van der Waals surface area contributed by atoms with Crippen LogP contribution >= 0.6 is 11.3 Å². The van der Waals surface area contributed by atoms with Crippen molar-refractivity contribution in [3.63, 3.8) is 0 Å². The summed E-state index contributed by atoms with van der Waals surface area (Å²) in [5, 5.41) is 15.8. The number of hydrogen-bond donors (Lipinski definition) is 1. The summed E-state index contributed by atoms with van der Waals surface area (Å²) in [6.07, 6.45) is 3.26. The van der Waals surface area contributed by atoms with Crippen LogP contribution in [0.1, 0.15) is 36.0 Å². The van der Waals surface area contributed by atoms with Gasteiger partial charge in [-0.15, -0.1) is 11.3 Å². The van der Waals surface area contributed by atoms with Crippen LogP contribution in [-0.4, -0.2) is 29.5 Å². The van der Waals surface area contributed by atoms with Crippen molar-refractivity contribution in [2.45, 2.75) is 32.7 Å². The normalized spacial score (nSPS) is 15.9. The lowest BCUT2D eigenvalue weighted by atomic mass is 9.96. The number of benzene rings is 1. The number of nitrogens with zero attached hydrogens (tertiary/aromatic N) is 3. The van der Waals surface area contributed by atoms with Gasteiger partial charge in [0.05, 0.1) is 22.0 Å². The van der Waals surface area contributed by atoms with Crippen molar-refractivity contribution in [2.75, 3.05) is 25.0 Å². The number of hydrogen-bond acceptors (Lipinski definition) is 5. The predicted molar refractivity (Wildman–Crippen MR) is 99.1 cm³/mol. The molecule has 0 bridgehead atoms. The molecule has 1 aliphatic heterocycles. The van der Waals surface area contributed by atoms with Crippen molar-refractivity contribution < 1.29 is 4.39 Å². The molecule has 1 aromatic carbocycles. The first-order chi connectivity index (χ1) is 12.2. The van der Waals surface area contributed by atoms with Gasteiger partial charge in [-0.05, 0) is 56.5 Å². The lowest BCUT2D eigenvalue weighted by Gasteiger charge is -2.31. The maximum atomic E-state index is 13.2. The van der Waals surface area contributed by atoms with Crippen LogP contribution in [0.15, 0.2) is 23.6 Å². The van der Waals surface area contributed by atoms with E-state index in [1.807, 2.05) is 6.07 Å². The molecule has 2 aromatic rings. The fraction of sp³-hybridized carbons (Fsp3) is 0.474. The smallest absolute Gasteiger partial charge is 0.124 e. The van der Waals surface area contributed by atoms with Gasteiger partial charge < -0.3 is 5.32 Å². The number of halogens is 1. The molecule has 1 fully saturated rings. The molecular weight excluding hydrogens is 335 g/mol. The summed E-state index contributed by atoms with van der Waals surface area (Å²) in [5.74, 6) is 0.207. The second-order valence-corrected chi connectivity index (χ2v) is 7.43. The van der Waals surface area contributed by atoms with Crippen molar-refractivity contribution >= 4 is 17.0 Å². The third kappa shape index (κ3) is 4.77. The van der Waals surface area contributed by atoms with Crippen molar-refractivity contribution in [1.29, 1.82) is 5.26 Å². The van der Waals surface area contributed by atoms with E-state index in [4.69, 9.17) is 5.26 Å². The minimum absolute atomic E-state index is 0.368. The maximum Gasteiger partial charge on any atom is 0.124 e. The Morgan fingerprint density at radius 1 is 1.40 bits per heavy atom. The lowest BCUT2D eigenvalue weighted by molar-refractivity contribution is 0.181. The van der Waals surface area contributed by atoms with E-state index in [-0.39, 0.29) is 5.82 Å². The highest BCUT2D eigenvalue weighted by Gasteiger charge is 2.20. The first kappa shape index (κ1) is 17.8. The van der Waals surface area contributed by atoms with E-state index in [2.05, 4.69) is 27.5 Å². The molecule has 4 nitrogen and oxygen atoms in total. The number of thiazole rings is 1. The molecule has 132 valence electrons. The van der Waals surface area contributed by atoms with E-state index in [1.165, 1.54) is 22.8 Å². The topological polar surface area (TPSA) is 52.0 Å². The first-order valence-corrected chi connectivity index (χ1v) is 9.65. The molecule has 1 aromatic heterocycles. The summed E-state index contributed by atoms with van der Waals surface area (Å²) < 4.78 is 13.2. The second kappa shape index (κ2) is 8.41. The molecule has 0 atom stereocenters. The van der Waals surface area contributed by atoms with E-state index in [1.54, 1.807) is 17.4 Å². The summed E-state index contributed by atoms with van der Waals surface area (Å²) in [6.45, 7) is 6.04. The third-order valence-electron chi connectivity index (χ3n) is 4.68. The van der Waals surface area contributed by atoms with Crippen LogP contribution in [0.4, 0.5) is 10.1 Å². The largest absolute Gasteiger partial charge is 0.384 e. The molecule has 1 saturated heterocycles. The molecule has 0 unspecified atom stereocenters. The average molecular weight is 358 g/mol. The van der Waals surface area contributed by atoms with Gasteiger partial charge in [0.15, 0.2) is 0 Å². The molecule has 2 heterocycles. The molecule has 3 rings (SSSR count). The molecule has 0 saturated carbocycles. The Bertz CT molecular complexity index is 744. The number of nitriles is 1. The Morgan fingerprint density at radius 2 is 2.20 bits per heavy atom. The van der Waals surface area contributed by atoms with E-state index in [0.717, 1.165) is 51.1 Å². The number of aromatic nitrogens is 1. The summed E-state index contributed by atoms with van der Waals surface area (Å²) in [7, 11) is 0. The van der Waals surface area contributed by atoms with Crippen LogP contribution in [-0.2, 0) is 13.0 Å². The molecule has 1 N–H and O–H groups in total. The van der Waals surface area contributed by atoms with Crippen LogP contribution in [0.3, 0.4) is 0 Å². The highest BCUT2D eigenvalue weighted by atomic mass is 32.1. The summed E-state index contributed by atoms with van der Waals surface area (Å²) in [6, 6.07) is 6.37. The number of anilines is 1. The first-order valence-electron chi connectivity index (χ1n) is 8.77. The number of likely N-dealkylation sites (tertiary alicyclic amines) is 1. The van der Waals surface area contributed by atoms with Crippen molar-refractivity contribution in [3.8, 4) is 6.07 Å². The van der Waals surface area contributed by atoms with Crippen LogP contribution in [0.2, 0.25) is 0 Å². The Morgan fingerprint density at radius 3 is 2.88 bits per heavy atom. The van der Waals surface area contributed by atoms with Gasteiger partial charge >= 0.3 is 0 Å². The number of aryl methyl sites for hydroxylation is 1. The quantitative estimate of drug-likeness (QED) is 0.847. The van der Waals surface area contributed by atoms with Gasteiger partial charge in [-0.3, -0.25) is 4.90 Å². The average Bonchev–Trinajstić information content (AvgIpc) is 3.09. The minimum Gasteiger partial charge on any atom is -0.384 e. The molecule has 0 spiro atoms. The number of nitrogens with one attached hydrogen (secondary N) is 1. The van der Waals surface area contributed by atoms with Gasteiger partial charge in [-0.2, -0.15) is 5.26 Å². The molecule has 6 heteroatoms. The fourth-order valence-electron chi connectivity index (χ4n) is 3.18. The van der Waals surface area contributed by atoms with Gasteiger partial charge in [0, 0.05) is 18.5 Å². The lowest BCUT2D eigenvalue weighted by Crippen LogP contribution is -2.35. The van der Waals surface area contributed by atoms with E-state index in [9.17, 15) is 4.39 Å². The zero-order chi connectivity index (χ0) is 17.6. The third-order valence-corrected chi connectivity index (χ3v) is 5.72. The number of piperidine rings is 1. The minimum atomic E-state index is -0.372. The van der Waals surface area contributed by atoms with Gasteiger partial charge in [0.25, 0.3) is 0 Å². The Kier molecular flexibility index (Phi) is 6.00. The van der Waals surface area contributed by atoms with Gasteiger partial charge in [-0.25, -0.2) is 9.37 Å². The molecular formula is C19H23FN4S. The molecule has 1 aliphatic rings. The van der Waals surface area contributed by atoms with Crippen LogP contribution in [0.25, 0.3) is 0 Å². The zero-order valence-corrected chi connectivity index (χ0v) is 15.3. The molecule has 0 aliphatic carbocycles. The predicted octanol–water partition coefficient (Wildman–Crippen LogP) is 4.04. The van der Waals surface area contributed by atoms with Crippen LogP contribution < -0.4 is 5.32 Å². The van der Waals surface area contributed by atoms with E-state index < -0.39 is 0 Å². The van der Waals surface area contributed by atoms with Crippen molar-refractivity contribution in [1.82, 2.24) is 9.88 Å². The van der Waals surface area contributed by atoms with E-state index in [0.29, 0.717) is 11.5 Å². The monoisotopic (exact) mass is 358 g/mol. The Labute approximate surface area is 152 Å². The zero-order valence-electron chi connectivity index (χ0n) is 14.5. The van der Waals surface area contributed by atoms with E-state index >= 15 is 0 Å². The summed E-state index contributed by atoms with van der Waals surface area (Å²) in [5.41, 5.74) is 2.27. The number of rotatable bonds is 6. The SMILES string of the molecule is CCc1nc(CN2CCC(CNc3ccc(F)cc3C#N)CC2)cs1. The molecule has 0 radical (unpaired) electrons. The van der Waals surface area contributed by atoms with Crippen molar-refractivity contribution in [3.05, 3.63) is 45.7 Å². The van der Waals surface area contributed by atoms with Gasteiger partial charge in [-0.1, -0.05) is 6.92 Å².